The average Bonchev–Trinajstić information content (AvgIpc) is 3.19. The van der Waals surface area contributed by atoms with E-state index < -0.39 is 11.9 Å². The zero-order chi connectivity index (χ0) is 18.8. The van der Waals surface area contributed by atoms with Crippen LogP contribution in [0.1, 0.15) is 49.1 Å². The Morgan fingerprint density at radius 2 is 1.81 bits per heavy atom. The van der Waals surface area contributed by atoms with Crippen LogP contribution in [0.15, 0.2) is 24.3 Å². The molecule has 6 nitrogen and oxygen atoms in total. The summed E-state index contributed by atoms with van der Waals surface area (Å²) in [6, 6.07) is 7.14. The third-order valence-corrected chi connectivity index (χ3v) is 5.63. The lowest BCUT2D eigenvalue weighted by atomic mass is 9.99. The van der Waals surface area contributed by atoms with E-state index in [4.69, 9.17) is 9.47 Å². The maximum atomic E-state index is 12.5. The number of rotatable bonds is 4. The summed E-state index contributed by atoms with van der Waals surface area (Å²) in [6.45, 7) is 1.94. The smallest absolute Gasteiger partial charge is 0.341 e. The number of hydrogen-bond acceptors (Lipinski definition) is 6. The number of carbonyl (C=O) groups is 3. The number of hydrogen-bond donors (Lipinski definition) is 1. The van der Waals surface area contributed by atoms with Gasteiger partial charge in [0, 0.05) is 10.4 Å². The Hall–Kier alpha value is -2.67. The third-order valence-electron chi connectivity index (χ3n) is 4.45. The fraction of sp³-hybridized carbons (Fsp3) is 0.316. The van der Waals surface area contributed by atoms with Gasteiger partial charge < -0.3 is 14.8 Å². The summed E-state index contributed by atoms with van der Waals surface area (Å²) in [4.78, 5) is 37.9. The Morgan fingerprint density at radius 3 is 2.42 bits per heavy atom. The second kappa shape index (κ2) is 7.29. The average molecular weight is 373 g/mol. The molecule has 1 aliphatic rings. The molecule has 1 aromatic heterocycles. The van der Waals surface area contributed by atoms with Gasteiger partial charge in [-0.25, -0.2) is 4.79 Å². The molecular weight excluding hydrogens is 354 g/mol. The monoisotopic (exact) mass is 373 g/mol. The van der Waals surface area contributed by atoms with Gasteiger partial charge in [0.25, 0.3) is 5.91 Å². The highest BCUT2D eigenvalue weighted by Crippen LogP contribution is 2.46. The summed E-state index contributed by atoms with van der Waals surface area (Å²) in [7, 11) is 2.60. The van der Waals surface area contributed by atoms with Crippen LogP contribution in [-0.4, -0.2) is 32.1 Å². The second-order valence-corrected chi connectivity index (χ2v) is 7.17. The van der Waals surface area contributed by atoms with Gasteiger partial charge in [-0.05, 0) is 37.5 Å². The number of anilines is 1. The normalized spacial score (nSPS) is 15.3. The number of aryl methyl sites for hydroxylation is 2. The van der Waals surface area contributed by atoms with Crippen molar-refractivity contribution in [3.8, 4) is 0 Å². The zero-order valence-corrected chi connectivity index (χ0v) is 15.6. The maximum Gasteiger partial charge on any atom is 0.341 e. The quantitative estimate of drug-likeness (QED) is 0.832. The molecule has 3 rings (SSSR count). The Kier molecular flexibility index (Phi) is 5.08. The van der Waals surface area contributed by atoms with E-state index in [9.17, 15) is 14.4 Å². The predicted octanol–water partition coefficient (Wildman–Crippen LogP) is 3.30. The summed E-state index contributed by atoms with van der Waals surface area (Å²) < 4.78 is 9.75. The van der Waals surface area contributed by atoms with E-state index in [1.165, 1.54) is 25.6 Å². The third kappa shape index (κ3) is 3.22. The number of ether oxygens (including phenoxy) is 2. The van der Waals surface area contributed by atoms with E-state index in [1.807, 2.05) is 19.1 Å². The first-order valence-electron chi connectivity index (χ1n) is 8.16. The SMILES string of the molecule is COC(=O)c1c(NC(=O)c2ccc(C)cc2)sc2c1C(C(=O)OC)CC2. The molecule has 1 aromatic carbocycles. The van der Waals surface area contributed by atoms with Crippen LogP contribution in [0.2, 0.25) is 0 Å². The molecule has 136 valence electrons. The van der Waals surface area contributed by atoms with Gasteiger partial charge in [0.1, 0.15) is 5.00 Å². The van der Waals surface area contributed by atoms with Crippen molar-refractivity contribution < 1.29 is 23.9 Å². The summed E-state index contributed by atoms with van der Waals surface area (Å²) in [5.41, 5.74) is 2.41. The molecule has 1 heterocycles. The predicted molar refractivity (Wildman–Crippen MR) is 97.9 cm³/mol. The Labute approximate surface area is 155 Å². The van der Waals surface area contributed by atoms with E-state index in [0.717, 1.165) is 10.4 Å². The molecule has 1 atom stereocenters. The van der Waals surface area contributed by atoms with Crippen molar-refractivity contribution in [1.82, 2.24) is 0 Å². The van der Waals surface area contributed by atoms with Gasteiger partial charge in [-0.15, -0.1) is 11.3 Å². The molecule has 1 aliphatic carbocycles. The number of thiophene rings is 1. The van der Waals surface area contributed by atoms with Crippen LogP contribution >= 0.6 is 11.3 Å². The van der Waals surface area contributed by atoms with Crippen LogP contribution in [0.25, 0.3) is 0 Å². The van der Waals surface area contributed by atoms with E-state index in [-0.39, 0.29) is 17.4 Å². The highest BCUT2D eigenvalue weighted by atomic mass is 32.1. The van der Waals surface area contributed by atoms with E-state index in [0.29, 0.717) is 29.0 Å². The van der Waals surface area contributed by atoms with Crippen LogP contribution in [-0.2, 0) is 20.7 Å². The maximum absolute atomic E-state index is 12.5. The van der Waals surface area contributed by atoms with Crippen LogP contribution in [0.3, 0.4) is 0 Å². The largest absolute Gasteiger partial charge is 0.469 e. The topological polar surface area (TPSA) is 81.7 Å². The van der Waals surface area contributed by atoms with Gasteiger partial charge in [0.05, 0.1) is 25.7 Å². The van der Waals surface area contributed by atoms with Crippen molar-refractivity contribution in [3.05, 3.63) is 51.4 Å². The fourth-order valence-corrected chi connectivity index (χ4v) is 4.38. The number of esters is 2. The molecule has 0 aliphatic heterocycles. The molecule has 1 N–H and O–H groups in total. The van der Waals surface area contributed by atoms with Crippen molar-refractivity contribution in [2.45, 2.75) is 25.7 Å². The number of carbonyl (C=O) groups excluding carboxylic acids is 3. The zero-order valence-electron chi connectivity index (χ0n) is 14.8. The summed E-state index contributed by atoms with van der Waals surface area (Å²) in [5.74, 6) is -1.78. The van der Waals surface area contributed by atoms with Crippen LogP contribution in [0.5, 0.6) is 0 Å². The van der Waals surface area contributed by atoms with Crippen LogP contribution in [0, 0.1) is 6.92 Å². The van der Waals surface area contributed by atoms with Crippen molar-refractivity contribution in [1.29, 1.82) is 0 Å². The number of fused-ring (bicyclic) bond motifs is 1. The minimum Gasteiger partial charge on any atom is -0.469 e. The molecule has 0 radical (unpaired) electrons. The van der Waals surface area contributed by atoms with E-state index >= 15 is 0 Å². The first kappa shape index (κ1) is 18.1. The number of nitrogens with one attached hydrogen (secondary N) is 1. The van der Waals surface area contributed by atoms with Gasteiger partial charge in [-0.3, -0.25) is 9.59 Å². The molecule has 1 amide bonds. The van der Waals surface area contributed by atoms with E-state index in [1.54, 1.807) is 12.1 Å². The van der Waals surface area contributed by atoms with Crippen molar-refractivity contribution in [2.75, 3.05) is 19.5 Å². The summed E-state index contributed by atoms with van der Waals surface area (Å²) >= 11 is 1.31. The first-order valence-corrected chi connectivity index (χ1v) is 8.97. The summed E-state index contributed by atoms with van der Waals surface area (Å²) in [5, 5.41) is 3.20. The van der Waals surface area contributed by atoms with Gasteiger partial charge in [-0.2, -0.15) is 0 Å². The fourth-order valence-electron chi connectivity index (χ4n) is 3.12. The standard InChI is InChI=1S/C19H19NO5S/c1-10-4-6-11(7-5-10)16(21)20-17-15(19(23)25-3)14-12(18(22)24-2)8-9-13(14)26-17/h4-7,12H,8-9H2,1-3H3,(H,20,21). The molecule has 7 heteroatoms. The Balaban J connectivity index is 1.98. The number of methoxy groups -OCH3 is 2. The molecule has 1 unspecified atom stereocenters. The molecular formula is C19H19NO5S. The summed E-state index contributed by atoms with van der Waals surface area (Å²) in [6.07, 6.45) is 1.24. The lowest BCUT2D eigenvalue weighted by Gasteiger charge is -2.11. The van der Waals surface area contributed by atoms with Crippen molar-refractivity contribution >= 4 is 34.2 Å². The first-order chi connectivity index (χ1) is 12.5. The minimum absolute atomic E-state index is 0.251. The van der Waals surface area contributed by atoms with Crippen molar-refractivity contribution in [3.63, 3.8) is 0 Å². The second-order valence-electron chi connectivity index (χ2n) is 6.07. The molecule has 0 fully saturated rings. The minimum atomic E-state index is -0.572. The highest BCUT2D eigenvalue weighted by molar-refractivity contribution is 7.17. The molecule has 0 bridgehead atoms. The number of amides is 1. The van der Waals surface area contributed by atoms with Gasteiger partial charge >= 0.3 is 11.9 Å². The van der Waals surface area contributed by atoms with Crippen molar-refractivity contribution in [2.24, 2.45) is 0 Å². The van der Waals surface area contributed by atoms with Crippen LogP contribution in [0.4, 0.5) is 5.00 Å². The van der Waals surface area contributed by atoms with Gasteiger partial charge in [0.2, 0.25) is 0 Å². The van der Waals surface area contributed by atoms with Crippen LogP contribution < -0.4 is 5.32 Å². The van der Waals surface area contributed by atoms with E-state index in [2.05, 4.69) is 5.32 Å². The lowest BCUT2D eigenvalue weighted by molar-refractivity contribution is -0.142. The van der Waals surface area contributed by atoms with Gasteiger partial charge in [0.15, 0.2) is 0 Å². The Bertz CT molecular complexity index is 869. The molecule has 2 aromatic rings. The highest BCUT2D eigenvalue weighted by Gasteiger charge is 2.38. The van der Waals surface area contributed by atoms with Gasteiger partial charge in [-0.1, -0.05) is 17.7 Å². The number of benzene rings is 1. The molecule has 0 saturated heterocycles. The Morgan fingerprint density at radius 1 is 1.12 bits per heavy atom. The molecule has 0 saturated carbocycles. The molecule has 0 spiro atoms. The molecule has 26 heavy (non-hydrogen) atoms. The lowest BCUT2D eigenvalue weighted by Crippen LogP contribution is -2.17.